The monoisotopic (exact) mass is 390 g/mol. The van der Waals surface area contributed by atoms with Gasteiger partial charge in [0, 0.05) is 17.8 Å². The Hall–Kier alpha value is -2.87. The standard InChI is InChI=1S/C19H22N2O5S/c1-13-6-4-8-15(10-13)21-27(25,26)16-9-5-7-14(11-16)17(22)20-12-19(2,3)18(23)24/h4-11,21H,12H2,1-3H3,(H,20,22)(H,23,24). The van der Waals surface area contributed by atoms with E-state index < -0.39 is 27.3 Å². The molecule has 0 aliphatic carbocycles. The number of aliphatic carboxylic acids is 1. The molecular formula is C19H22N2O5S. The van der Waals surface area contributed by atoms with Gasteiger partial charge in [-0.15, -0.1) is 0 Å². The zero-order valence-corrected chi connectivity index (χ0v) is 16.1. The van der Waals surface area contributed by atoms with Gasteiger partial charge in [0.25, 0.3) is 15.9 Å². The Morgan fingerprint density at radius 1 is 1.07 bits per heavy atom. The first-order valence-corrected chi connectivity index (χ1v) is 9.71. The average Bonchev–Trinajstić information content (AvgIpc) is 2.59. The highest BCUT2D eigenvalue weighted by atomic mass is 32.2. The van der Waals surface area contributed by atoms with Gasteiger partial charge in [0.2, 0.25) is 0 Å². The number of amides is 1. The van der Waals surface area contributed by atoms with Crippen LogP contribution in [0, 0.1) is 12.3 Å². The van der Waals surface area contributed by atoms with Crippen LogP contribution in [-0.2, 0) is 14.8 Å². The fraction of sp³-hybridized carbons (Fsp3) is 0.263. The molecule has 2 rings (SSSR count). The van der Waals surface area contributed by atoms with Crippen molar-refractivity contribution in [3.8, 4) is 0 Å². The lowest BCUT2D eigenvalue weighted by molar-refractivity contribution is -0.146. The molecule has 8 heteroatoms. The molecule has 0 heterocycles. The number of sulfonamides is 1. The minimum atomic E-state index is -3.87. The Labute approximate surface area is 158 Å². The van der Waals surface area contributed by atoms with E-state index in [4.69, 9.17) is 5.11 Å². The molecule has 1 amide bonds. The van der Waals surface area contributed by atoms with Gasteiger partial charge in [0.15, 0.2) is 0 Å². The highest BCUT2D eigenvalue weighted by molar-refractivity contribution is 7.92. The number of anilines is 1. The molecule has 0 bridgehead atoms. The third kappa shape index (κ3) is 5.30. The summed E-state index contributed by atoms with van der Waals surface area (Å²) in [7, 11) is -3.87. The maximum atomic E-state index is 12.6. The Morgan fingerprint density at radius 2 is 1.74 bits per heavy atom. The molecule has 0 fully saturated rings. The predicted octanol–water partition coefficient (Wildman–Crippen LogP) is 2.64. The number of nitrogens with one attached hydrogen (secondary N) is 2. The number of carboxylic acids is 1. The molecule has 0 aliphatic rings. The first kappa shape index (κ1) is 20.4. The van der Waals surface area contributed by atoms with Crippen molar-refractivity contribution in [2.24, 2.45) is 5.41 Å². The maximum absolute atomic E-state index is 12.6. The number of benzene rings is 2. The lowest BCUT2D eigenvalue weighted by Crippen LogP contribution is -2.38. The lowest BCUT2D eigenvalue weighted by atomic mass is 9.94. The number of hydrogen-bond acceptors (Lipinski definition) is 4. The second-order valence-electron chi connectivity index (χ2n) is 6.87. The van der Waals surface area contributed by atoms with Crippen molar-refractivity contribution in [1.82, 2.24) is 5.32 Å². The molecule has 7 nitrogen and oxygen atoms in total. The van der Waals surface area contributed by atoms with E-state index in [1.54, 1.807) is 18.2 Å². The summed E-state index contributed by atoms with van der Waals surface area (Å²) in [4.78, 5) is 23.3. The first-order chi connectivity index (χ1) is 12.5. The molecule has 2 aromatic carbocycles. The number of hydrogen-bond donors (Lipinski definition) is 3. The Morgan fingerprint density at radius 3 is 2.37 bits per heavy atom. The van der Waals surface area contributed by atoms with Crippen molar-refractivity contribution in [1.29, 1.82) is 0 Å². The van der Waals surface area contributed by atoms with Crippen molar-refractivity contribution >= 4 is 27.6 Å². The summed E-state index contributed by atoms with van der Waals surface area (Å²) in [6, 6.07) is 12.5. The number of aryl methyl sites for hydroxylation is 1. The van der Waals surface area contributed by atoms with Crippen LogP contribution in [0.4, 0.5) is 5.69 Å². The fourth-order valence-electron chi connectivity index (χ4n) is 2.21. The highest BCUT2D eigenvalue weighted by Gasteiger charge is 2.28. The molecule has 144 valence electrons. The van der Waals surface area contributed by atoms with Gasteiger partial charge < -0.3 is 10.4 Å². The summed E-state index contributed by atoms with van der Waals surface area (Å²) in [5, 5.41) is 11.6. The van der Waals surface area contributed by atoms with E-state index in [1.807, 2.05) is 13.0 Å². The van der Waals surface area contributed by atoms with Gasteiger partial charge in [-0.2, -0.15) is 0 Å². The quantitative estimate of drug-likeness (QED) is 0.673. The molecule has 2 aromatic rings. The Kier molecular flexibility index (Phi) is 5.90. The van der Waals surface area contributed by atoms with Crippen LogP contribution in [0.15, 0.2) is 53.4 Å². The molecule has 0 atom stereocenters. The van der Waals surface area contributed by atoms with Gasteiger partial charge in [-0.05, 0) is 56.7 Å². The average molecular weight is 390 g/mol. The highest BCUT2D eigenvalue weighted by Crippen LogP contribution is 2.19. The van der Waals surface area contributed by atoms with Crippen LogP contribution >= 0.6 is 0 Å². The molecule has 0 aromatic heterocycles. The molecule has 27 heavy (non-hydrogen) atoms. The number of rotatable bonds is 7. The van der Waals surface area contributed by atoms with Gasteiger partial charge in [-0.25, -0.2) is 8.42 Å². The largest absolute Gasteiger partial charge is 0.481 e. The van der Waals surface area contributed by atoms with Crippen LogP contribution in [0.25, 0.3) is 0 Å². The third-order valence-corrected chi connectivity index (χ3v) is 5.33. The van der Waals surface area contributed by atoms with Crippen LogP contribution < -0.4 is 10.0 Å². The summed E-state index contributed by atoms with van der Waals surface area (Å²) in [5.41, 5.74) is 0.326. The molecule has 0 spiro atoms. The number of carbonyl (C=O) groups excluding carboxylic acids is 1. The van der Waals surface area contributed by atoms with Crippen molar-refractivity contribution < 1.29 is 23.1 Å². The molecule has 0 radical (unpaired) electrons. The first-order valence-electron chi connectivity index (χ1n) is 8.22. The Bertz CT molecular complexity index is 968. The van der Waals surface area contributed by atoms with E-state index in [0.29, 0.717) is 5.69 Å². The summed E-state index contributed by atoms with van der Waals surface area (Å²) in [6.45, 7) is 4.74. The fourth-order valence-corrected chi connectivity index (χ4v) is 3.30. The molecule has 0 aliphatic heterocycles. The normalized spacial score (nSPS) is 11.7. The smallest absolute Gasteiger partial charge is 0.310 e. The molecule has 0 unspecified atom stereocenters. The summed E-state index contributed by atoms with van der Waals surface area (Å²) < 4.78 is 27.6. The van der Waals surface area contributed by atoms with Crippen molar-refractivity contribution in [2.75, 3.05) is 11.3 Å². The summed E-state index contributed by atoms with van der Waals surface area (Å²) in [6.07, 6.45) is 0. The van der Waals surface area contributed by atoms with Crippen LogP contribution in [-0.4, -0.2) is 31.9 Å². The van der Waals surface area contributed by atoms with Gasteiger partial charge >= 0.3 is 5.97 Å². The van der Waals surface area contributed by atoms with E-state index in [1.165, 1.54) is 38.1 Å². The predicted molar refractivity (Wildman–Crippen MR) is 102 cm³/mol. The van der Waals surface area contributed by atoms with Crippen LogP contribution in [0.3, 0.4) is 0 Å². The maximum Gasteiger partial charge on any atom is 0.310 e. The third-order valence-electron chi connectivity index (χ3n) is 3.95. The minimum absolute atomic E-state index is 0.0610. The molecule has 0 saturated carbocycles. The van der Waals surface area contributed by atoms with Crippen molar-refractivity contribution in [3.63, 3.8) is 0 Å². The SMILES string of the molecule is Cc1cccc(NS(=O)(=O)c2cccc(C(=O)NCC(C)(C)C(=O)O)c2)c1. The second kappa shape index (κ2) is 7.79. The second-order valence-corrected chi connectivity index (χ2v) is 8.56. The zero-order valence-electron chi connectivity index (χ0n) is 15.3. The molecule has 3 N–H and O–H groups in total. The topological polar surface area (TPSA) is 113 Å². The minimum Gasteiger partial charge on any atom is -0.481 e. The van der Waals surface area contributed by atoms with E-state index in [9.17, 15) is 18.0 Å². The van der Waals surface area contributed by atoms with Crippen LogP contribution in [0.5, 0.6) is 0 Å². The summed E-state index contributed by atoms with van der Waals surface area (Å²) >= 11 is 0. The number of carbonyl (C=O) groups is 2. The summed E-state index contributed by atoms with van der Waals surface area (Å²) in [5.74, 6) is -1.58. The van der Waals surface area contributed by atoms with E-state index >= 15 is 0 Å². The zero-order chi connectivity index (χ0) is 20.2. The van der Waals surface area contributed by atoms with Crippen LogP contribution in [0.2, 0.25) is 0 Å². The van der Waals surface area contributed by atoms with Crippen molar-refractivity contribution in [3.05, 3.63) is 59.7 Å². The van der Waals surface area contributed by atoms with E-state index in [-0.39, 0.29) is 17.0 Å². The molecular weight excluding hydrogens is 368 g/mol. The van der Waals surface area contributed by atoms with Crippen molar-refractivity contribution in [2.45, 2.75) is 25.7 Å². The van der Waals surface area contributed by atoms with Crippen LogP contribution in [0.1, 0.15) is 29.8 Å². The van der Waals surface area contributed by atoms with E-state index in [2.05, 4.69) is 10.0 Å². The van der Waals surface area contributed by atoms with Gasteiger partial charge in [0.05, 0.1) is 10.3 Å². The van der Waals surface area contributed by atoms with E-state index in [0.717, 1.165) is 5.56 Å². The Balaban J connectivity index is 2.18. The molecule has 0 saturated heterocycles. The number of carboxylic acid groups (broad SMARTS) is 1. The van der Waals surface area contributed by atoms with Gasteiger partial charge in [0.1, 0.15) is 0 Å². The lowest BCUT2D eigenvalue weighted by Gasteiger charge is -2.19. The van der Waals surface area contributed by atoms with Gasteiger partial charge in [-0.3, -0.25) is 14.3 Å². The van der Waals surface area contributed by atoms with Gasteiger partial charge in [-0.1, -0.05) is 18.2 Å².